The van der Waals surface area contributed by atoms with Crippen molar-refractivity contribution in [3.8, 4) is 5.75 Å². The first-order chi connectivity index (χ1) is 6.60. The third-order valence-electron chi connectivity index (χ3n) is 2.43. The van der Waals surface area contributed by atoms with Crippen molar-refractivity contribution in [2.45, 2.75) is 26.4 Å². The molecular formula is C11H17NO2. The Morgan fingerprint density at radius 1 is 1.43 bits per heavy atom. The lowest BCUT2D eigenvalue weighted by Gasteiger charge is -2.14. The molecule has 4 N–H and O–H groups in total. The average Bonchev–Trinajstić information content (AvgIpc) is 2.17. The van der Waals surface area contributed by atoms with Crippen molar-refractivity contribution >= 4 is 0 Å². The Hall–Kier alpha value is -1.06. The Labute approximate surface area is 84.2 Å². The molecule has 0 spiro atoms. The summed E-state index contributed by atoms with van der Waals surface area (Å²) in [5.74, 6) is 0.290. The number of aryl methyl sites for hydroxylation is 2. The molecule has 1 aromatic rings. The topological polar surface area (TPSA) is 66.5 Å². The summed E-state index contributed by atoms with van der Waals surface area (Å²) in [5, 5.41) is 19.2. The van der Waals surface area contributed by atoms with Crippen LogP contribution in [-0.2, 0) is 6.42 Å². The first kappa shape index (κ1) is 11.0. The van der Waals surface area contributed by atoms with E-state index >= 15 is 0 Å². The van der Waals surface area contributed by atoms with Gasteiger partial charge in [-0.05, 0) is 42.2 Å². The Kier molecular flexibility index (Phi) is 3.49. The number of hydrogen-bond donors (Lipinski definition) is 3. The third-order valence-corrected chi connectivity index (χ3v) is 2.43. The summed E-state index contributed by atoms with van der Waals surface area (Å²) in [5.41, 5.74) is 7.92. The summed E-state index contributed by atoms with van der Waals surface area (Å²) in [6.07, 6.45) is 0.108. The Bertz CT molecular complexity index is 323. The lowest BCUT2D eigenvalue weighted by Crippen LogP contribution is -2.13. The summed E-state index contributed by atoms with van der Waals surface area (Å²) >= 11 is 0. The van der Waals surface area contributed by atoms with Gasteiger partial charge in [-0.3, -0.25) is 0 Å². The molecule has 0 heterocycles. The molecule has 0 fully saturated rings. The molecule has 0 radical (unpaired) electrons. The molecular weight excluding hydrogens is 178 g/mol. The van der Waals surface area contributed by atoms with Crippen LogP contribution in [0.15, 0.2) is 12.1 Å². The number of aromatic hydroxyl groups is 1. The number of aliphatic hydroxyl groups excluding tert-OH is 1. The van der Waals surface area contributed by atoms with Crippen molar-refractivity contribution in [2.24, 2.45) is 5.73 Å². The van der Waals surface area contributed by atoms with E-state index in [1.165, 1.54) is 0 Å². The van der Waals surface area contributed by atoms with Crippen molar-refractivity contribution in [3.63, 3.8) is 0 Å². The third kappa shape index (κ3) is 2.05. The number of nitrogens with two attached hydrogens (primary N) is 1. The van der Waals surface area contributed by atoms with Crippen LogP contribution in [0.3, 0.4) is 0 Å². The van der Waals surface area contributed by atoms with Gasteiger partial charge in [0.05, 0.1) is 6.10 Å². The zero-order valence-electron chi connectivity index (χ0n) is 8.62. The Morgan fingerprint density at radius 3 is 2.57 bits per heavy atom. The number of hydrogen-bond acceptors (Lipinski definition) is 3. The molecule has 0 amide bonds. The van der Waals surface area contributed by atoms with E-state index in [4.69, 9.17) is 5.73 Å². The highest BCUT2D eigenvalue weighted by atomic mass is 16.3. The average molecular weight is 195 g/mol. The van der Waals surface area contributed by atoms with Crippen molar-refractivity contribution in [1.82, 2.24) is 0 Å². The lowest BCUT2D eigenvalue weighted by molar-refractivity contribution is 0.186. The van der Waals surface area contributed by atoms with Gasteiger partial charge in [0, 0.05) is 6.54 Å². The van der Waals surface area contributed by atoms with Crippen LogP contribution < -0.4 is 5.73 Å². The van der Waals surface area contributed by atoms with Gasteiger partial charge in [0.15, 0.2) is 0 Å². The fraction of sp³-hybridized carbons (Fsp3) is 0.455. The van der Waals surface area contributed by atoms with Crippen LogP contribution in [0, 0.1) is 6.92 Å². The highest BCUT2D eigenvalue weighted by Crippen LogP contribution is 2.26. The van der Waals surface area contributed by atoms with E-state index in [1.807, 2.05) is 19.9 Å². The molecule has 0 bridgehead atoms. The number of benzene rings is 1. The van der Waals surface area contributed by atoms with Crippen LogP contribution in [0.1, 0.15) is 29.7 Å². The van der Waals surface area contributed by atoms with E-state index in [0.717, 1.165) is 23.1 Å². The Balaban J connectivity index is 3.17. The fourth-order valence-corrected chi connectivity index (χ4v) is 1.53. The van der Waals surface area contributed by atoms with Gasteiger partial charge in [-0.25, -0.2) is 0 Å². The molecule has 3 nitrogen and oxygen atoms in total. The molecule has 0 aromatic heterocycles. The molecule has 78 valence electrons. The molecule has 1 unspecified atom stereocenters. The van der Waals surface area contributed by atoms with Gasteiger partial charge < -0.3 is 15.9 Å². The highest BCUT2D eigenvalue weighted by Gasteiger charge is 2.11. The van der Waals surface area contributed by atoms with Crippen LogP contribution in [0.5, 0.6) is 5.75 Å². The predicted molar refractivity (Wildman–Crippen MR) is 56.2 cm³/mol. The van der Waals surface area contributed by atoms with Gasteiger partial charge in [-0.1, -0.05) is 6.92 Å². The predicted octanol–water partition coefficient (Wildman–Crippen LogP) is 1.26. The maximum Gasteiger partial charge on any atom is 0.119 e. The Morgan fingerprint density at radius 2 is 2.07 bits per heavy atom. The number of phenolic OH excluding ortho intramolecular Hbond substituents is 1. The first-order valence-corrected chi connectivity index (χ1v) is 4.80. The van der Waals surface area contributed by atoms with Gasteiger partial charge in [0.2, 0.25) is 0 Å². The fourth-order valence-electron chi connectivity index (χ4n) is 1.53. The monoisotopic (exact) mass is 195 g/mol. The molecule has 1 rings (SSSR count). The van der Waals surface area contributed by atoms with Crippen LogP contribution in [0.25, 0.3) is 0 Å². The van der Waals surface area contributed by atoms with Crippen LogP contribution >= 0.6 is 0 Å². The van der Waals surface area contributed by atoms with Gasteiger partial charge in [-0.15, -0.1) is 0 Å². The number of rotatable bonds is 3. The SMILES string of the molecule is CCc1cc(C(O)CN)c(C)cc1O. The maximum absolute atomic E-state index is 9.61. The quantitative estimate of drug-likeness (QED) is 0.680. The molecule has 3 heteroatoms. The molecule has 14 heavy (non-hydrogen) atoms. The van der Waals surface area contributed by atoms with Crippen molar-refractivity contribution in [1.29, 1.82) is 0 Å². The molecule has 0 aliphatic rings. The first-order valence-electron chi connectivity index (χ1n) is 4.80. The minimum atomic E-state index is -0.638. The minimum absolute atomic E-state index is 0.203. The van der Waals surface area contributed by atoms with Crippen molar-refractivity contribution < 1.29 is 10.2 Å². The van der Waals surface area contributed by atoms with E-state index in [0.29, 0.717) is 0 Å². The summed E-state index contributed by atoms with van der Waals surface area (Å²) in [6.45, 7) is 4.02. The van der Waals surface area contributed by atoms with Gasteiger partial charge >= 0.3 is 0 Å². The molecule has 1 aromatic carbocycles. The van der Waals surface area contributed by atoms with E-state index < -0.39 is 6.10 Å². The number of aliphatic hydroxyl groups is 1. The molecule has 1 atom stereocenters. The zero-order valence-corrected chi connectivity index (χ0v) is 8.62. The van der Waals surface area contributed by atoms with Crippen molar-refractivity contribution in [2.75, 3.05) is 6.54 Å². The minimum Gasteiger partial charge on any atom is -0.508 e. The van der Waals surface area contributed by atoms with Gasteiger partial charge in [0.25, 0.3) is 0 Å². The number of phenols is 1. The maximum atomic E-state index is 9.61. The van der Waals surface area contributed by atoms with E-state index in [-0.39, 0.29) is 12.3 Å². The van der Waals surface area contributed by atoms with Gasteiger partial charge in [0.1, 0.15) is 5.75 Å². The largest absolute Gasteiger partial charge is 0.508 e. The summed E-state index contributed by atoms with van der Waals surface area (Å²) in [4.78, 5) is 0. The van der Waals surface area contributed by atoms with Crippen LogP contribution in [0.2, 0.25) is 0 Å². The highest BCUT2D eigenvalue weighted by molar-refractivity contribution is 5.42. The molecule has 0 aliphatic heterocycles. The van der Waals surface area contributed by atoms with E-state index in [1.54, 1.807) is 6.07 Å². The van der Waals surface area contributed by atoms with Crippen LogP contribution in [0.4, 0.5) is 0 Å². The van der Waals surface area contributed by atoms with Crippen molar-refractivity contribution in [3.05, 3.63) is 28.8 Å². The second-order valence-corrected chi connectivity index (χ2v) is 3.44. The molecule has 0 saturated carbocycles. The molecule has 0 aliphatic carbocycles. The summed E-state index contributed by atoms with van der Waals surface area (Å²) in [6, 6.07) is 3.50. The van der Waals surface area contributed by atoms with E-state index in [2.05, 4.69) is 0 Å². The van der Waals surface area contributed by atoms with Gasteiger partial charge in [-0.2, -0.15) is 0 Å². The summed E-state index contributed by atoms with van der Waals surface area (Å²) < 4.78 is 0. The lowest BCUT2D eigenvalue weighted by atomic mass is 9.98. The second-order valence-electron chi connectivity index (χ2n) is 3.44. The zero-order chi connectivity index (χ0) is 10.7. The molecule has 0 saturated heterocycles. The second kappa shape index (κ2) is 4.44. The standard InChI is InChI=1S/C11H17NO2/c1-3-8-5-9(11(14)6-12)7(2)4-10(8)13/h4-5,11,13-14H,3,6,12H2,1-2H3. The van der Waals surface area contributed by atoms with E-state index in [9.17, 15) is 10.2 Å². The summed E-state index contributed by atoms with van der Waals surface area (Å²) in [7, 11) is 0. The normalized spacial score (nSPS) is 12.9. The van der Waals surface area contributed by atoms with Crippen LogP contribution in [-0.4, -0.2) is 16.8 Å². The smallest absolute Gasteiger partial charge is 0.119 e.